The molecule has 0 atom stereocenters. The summed E-state index contributed by atoms with van der Waals surface area (Å²) in [7, 11) is 0. The first-order valence-electron chi connectivity index (χ1n) is 19.1. The number of benzene rings is 8. The number of fused-ring (bicyclic) bond motifs is 3. The molecule has 0 amide bonds. The Kier molecular flexibility index (Phi) is 8.46. The quantitative estimate of drug-likeness (QED) is 0.161. The van der Waals surface area contributed by atoms with Gasteiger partial charge < -0.3 is 0 Å². The molecule has 0 radical (unpaired) electrons. The van der Waals surface area contributed by atoms with Crippen LogP contribution in [0.15, 0.2) is 188 Å². The SMILES string of the molecule is c1ccc(-c2ccc(-c3nc(-c4cccc(-c5ccc6ccccc6c5)c4)nc(-c4cc(-c5nc6ccccc6s5)cc(-c5nc6ccccc6s5)c4)n3)cc2)cc1. The van der Waals surface area contributed by atoms with E-state index < -0.39 is 0 Å². The molecule has 8 aromatic carbocycles. The number of aromatic nitrogens is 5. The Morgan fingerprint density at radius 3 is 1.38 bits per heavy atom. The maximum absolute atomic E-state index is 5.25. The van der Waals surface area contributed by atoms with Crippen LogP contribution < -0.4 is 0 Å². The van der Waals surface area contributed by atoms with E-state index in [0.29, 0.717) is 17.5 Å². The van der Waals surface area contributed by atoms with Gasteiger partial charge in [0.05, 0.1) is 20.4 Å². The topological polar surface area (TPSA) is 64.5 Å². The van der Waals surface area contributed by atoms with Crippen LogP contribution in [0, 0.1) is 0 Å². The monoisotopic (exact) mass is 777 g/mol. The highest BCUT2D eigenvalue weighted by atomic mass is 32.1. The normalized spacial score (nSPS) is 11.4. The Morgan fingerprint density at radius 1 is 0.259 bits per heavy atom. The van der Waals surface area contributed by atoms with E-state index in [4.69, 9.17) is 24.9 Å². The largest absolute Gasteiger partial charge is 0.236 e. The van der Waals surface area contributed by atoms with Crippen LogP contribution in [0.25, 0.3) is 109 Å². The molecule has 3 heterocycles. The van der Waals surface area contributed by atoms with E-state index in [1.54, 1.807) is 22.7 Å². The van der Waals surface area contributed by atoms with Crippen molar-refractivity contribution < 1.29 is 0 Å². The third kappa shape index (κ3) is 6.52. The summed E-state index contributed by atoms with van der Waals surface area (Å²) in [6.45, 7) is 0. The molecule has 272 valence electrons. The van der Waals surface area contributed by atoms with E-state index in [-0.39, 0.29) is 0 Å². The predicted octanol–water partition coefficient (Wildman–Crippen LogP) is 13.9. The molecule has 0 aliphatic heterocycles. The summed E-state index contributed by atoms with van der Waals surface area (Å²) < 4.78 is 2.28. The second kappa shape index (κ2) is 14.4. The number of nitrogens with zero attached hydrogens (tertiary/aromatic N) is 5. The van der Waals surface area contributed by atoms with Crippen LogP contribution in [0.1, 0.15) is 0 Å². The van der Waals surface area contributed by atoms with Gasteiger partial charge in [-0.3, -0.25) is 0 Å². The highest BCUT2D eigenvalue weighted by molar-refractivity contribution is 7.22. The fourth-order valence-electron chi connectivity index (χ4n) is 7.41. The van der Waals surface area contributed by atoms with Gasteiger partial charge in [-0.05, 0) is 87.6 Å². The molecule has 0 aliphatic carbocycles. The molecule has 5 nitrogen and oxygen atoms in total. The van der Waals surface area contributed by atoms with E-state index in [1.807, 2.05) is 18.2 Å². The number of thiazole rings is 2. The van der Waals surface area contributed by atoms with Crippen molar-refractivity contribution in [2.24, 2.45) is 0 Å². The van der Waals surface area contributed by atoms with Crippen LogP contribution in [-0.4, -0.2) is 24.9 Å². The van der Waals surface area contributed by atoms with Crippen molar-refractivity contribution in [2.75, 3.05) is 0 Å². The van der Waals surface area contributed by atoms with Crippen molar-refractivity contribution in [1.29, 1.82) is 0 Å². The lowest BCUT2D eigenvalue weighted by Crippen LogP contribution is -2.01. The van der Waals surface area contributed by atoms with Gasteiger partial charge in [0.25, 0.3) is 0 Å². The molecule has 7 heteroatoms. The lowest BCUT2D eigenvalue weighted by Gasteiger charge is -2.12. The maximum atomic E-state index is 5.25. The zero-order valence-corrected chi connectivity index (χ0v) is 32.6. The number of hydrogen-bond donors (Lipinski definition) is 0. The fraction of sp³-hybridized carbons (Fsp3) is 0. The molecule has 11 rings (SSSR count). The standard InChI is InChI=1S/C51H31N5S2/c1-2-11-32(12-3-1)34-21-24-35(25-22-34)47-54-48(39-16-10-15-37(28-39)38-26-23-33-13-4-5-14-36(33)27-38)56-49(55-47)40-29-41(50-52-43-17-6-8-19-45(43)57-50)31-42(30-40)51-53-44-18-7-9-20-46(44)58-51/h1-31H. The van der Waals surface area contributed by atoms with Crippen molar-refractivity contribution in [3.05, 3.63) is 188 Å². The summed E-state index contributed by atoms with van der Waals surface area (Å²) in [5.41, 5.74) is 11.1. The first-order chi connectivity index (χ1) is 28.7. The summed E-state index contributed by atoms with van der Waals surface area (Å²) in [4.78, 5) is 25.8. The zero-order valence-electron chi connectivity index (χ0n) is 31.0. The Morgan fingerprint density at radius 2 is 0.707 bits per heavy atom. The first kappa shape index (κ1) is 34.1. The smallest absolute Gasteiger partial charge is 0.164 e. The third-order valence-corrected chi connectivity index (χ3v) is 12.5. The molecule has 0 aliphatic rings. The van der Waals surface area contributed by atoms with Crippen molar-refractivity contribution in [2.45, 2.75) is 0 Å². The highest BCUT2D eigenvalue weighted by Crippen LogP contribution is 2.39. The number of hydrogen-bond acceptors (Lipinski definition) is 7. The fourth-order valence-corrected chi connectivity index (χ4v) is 9.31. The van der Waals surface area contributed by atoms with E-state index in [9.17, 15) is 0 Å². The van der Waals surface area contributed by atoms with Crippen LogP contribution in [0.3, 0.4) is 0 Å². The van der Waals surface area contributed by atoms with Gasteiger partial charge in [0.2, 0.25) is 0 Å². The number of para-hydroxylation sites is 2. The maximum Gasteiger partial charge on any atom is 0.164 e. The van der Waals surface area contributed by atoms with Crippen molar-refractivity contribution in [3.63, 3.8) is 0 Å². The first-order valence-corrected chi connectivity index (χ1v) is 20.7. The van der Waals surface area contributed by atoms with Crippen LogP contribution in [0.4, 0.5) is 0 Å². The minimum atomic E-state index is 0.577. The van der Waals surface area contributed by atoms with E-state index in [0.717, 1.165) is 80.5 Å². The predicted molar refractivity (Wildman–Crippen MR) is 242 cm³/mol. The van der Waals surface area contributed by atoms with Gasteiger partial charge in [0.15, 0.2) is 17.5 Å². The van der Waals surface area contributed by atoms with Gasteiger partial charge in [0.1, 0.15) is 10.0 Å². The lowest BCUT2D eigenvalue weighted by molar-refractivity contribution is 1.07. The van der Waals surface area contributed by atoms with Crippen molar-refractivity contribution >= 4 is 53.9 Å². The molecular weight excluding hydrogens is 747 g/mol. The van der Waals surface area contributed by atoms with Gasteiger partial charge >= 0.3 is 0 Å². The summed E-state index contributed by atoms with van der Waals surface area (Å²) in [5, 5.41) is 4.27. The molecule has 0 N–H and O–H groups in total. The molecule has 3 aromatic heterocycles. The molecule has 0 spiro atoms. The third-order valence-electron chi connectivity index (χ3n) is 10.4. The second-order valence-corrected chi connectivity index (χ2v) is 16.2. The summed E-state index contributed by atoms with van der Waals surface area (Å²) in [6.07, 6.45) is 0. The Hall–Kier alpha value is -7.19. The minimum absolute atomic E-state index is 0.577. The van der Waals surface area contributed by atoms with Crippen LogP contribution >= 0.6 is 22.7 Å². The molecule has 58 heavy (non-hydrogen) atoms. The van der Waals surface area contributed by atoms with E-state index >= 15 is 0 Å². The van der Waals surface area contributed by atoms with Crippen molar-refractivity contribution in [3.8, 4) is 77.6 Å². The highest BCUT2D eigenvalue weighted by Gasteiger charge is 2.18. The van der Waals surface area contributed by atoms with Gasteiger partial charge in [-0.15, -0.1) is 22.7 Å². The molecular formula is C51H31N5S2. The summed E-state index contributed by atoms with van der Waals surface area (Å²) in [5.74, 6) is 1.78. The van der Waals surface area contributed by atoms with E-state index in [2.05, 4.69) is 170 Å². The zero-order chi connectivity index (χ0) is 38.4. The lowest BCUT2D eigenvalue weighted by atomic mass is 9.99. The van der Waals surface area contributed by atoms with E-state index in [1.165, 1.54) is 10.8 Å². The van der Waals surface area contributed by atoms with Crippen LogP contribution in [0.5, 0.6) is 0 Å². The average Bonchev–Trinajstić information content (AvgIpc) is 3.95. The Balaban J connectivity index is 1.09. The van der Waals surface area contributed by atoms with Gasteiger partial charge in [-0.2, -0.15) is 0 Å². The Bertz CT molecular complexity index is 3140. The molecule has 0 saturated heterocycles. The minimum Gasteiger partial charge on any atom is -0.236 e. The van der Waals surface area contributed by atoms with Gasteiger partial charge in [-0.25, -0.2) is 24.9 Å². The molecule has 0 unspecified atom stereocenters. The van der Waals surface area contributed by atoms with Gasteiger partial charge in [0, 0.05) is 27.8 Å². The molecule has 0 bridgehead atoms. The Labute approximate surface area is 342 Å². The summed E-state index contributed by atoms with van der Waals surface area (Å²) >= 11 is 3.36. The van der Waals surface area contributed by atoms with Gasteiger partial charge in [-0.1, -0.05) is 133 Å². The molecule has 0 saturated carbocycles. The second-order valence-electron chi connectivity index (χ2n) is 14.2. The molecule has 11 aromatic rings. The summed E-state index contributed by atoms with van der Waals surface area (Å²) in [6, 6.07) is 65.4. The average molecular weight is 778 g/mol. The van der Waals surface area contributed by atoms with Crippen molar-refractivity contribution in [1.82, 2.24) is 24.9 Å². The number of rotatable bonds is 7. The molecule has 0 fully saturated rings. The van der Waals surface area contributed by atoms with Crippen LogP contribution in [0.2, 0.25) is 0 Å². The van der Waals surface area contributed by atoms with Crippen LogP contribution in [-0.2, 0) is 0 Å².